The molecule has 19 heavy (non-hydrogen) atoms. The largest absolute Gasteiger partial charge is 0.384 e. The maximum atomic E-state index is 12.0. The van der Waals surface area contributed by atoms with E-state index < -0.39 is 0 Å². The third kappa shape index (κ3) is 3.73. The van der Waals surface area contributed by atoms with Gasteiger partial charge in [-0.2, -0.15) is 0 Å². The first-order valence-electron chi connectivity index (χ1n) is 6.41. The molecule has 0 heterocycles. The van der Waals surface area contributed by atoms with Crippen molar-refractivity contribution in [1.29, 1.82) is 0 Å². The highest BCUT2D eigenvalue weighted by Gasteiger charge is 2.23. The van der Waals surface area contributed by atoms with Gasteiger partial charge in [-0.3, -0.25) is 4.79 Å². The van der Waals surface area contributed by atoms with Crippen molar-refractivity contribution >= 4 is 23.2 Å². The molecule has 0 spiro atoms. The number of carbonyl (C=O) groups excluding carboxylic acids is 1. The van der Waals surface area contributed by atoms with Crippen LogP contribution in [-0.4, -0.2) is 17.6 Å². The minimum atomic E-state index is -0.188. The molecule has 1 aromatic carbocycles. The van der Waals surface area contributed by atoms with Crippen LogP contribution in [-0.2, 0) is 4.79 Å². The molecule has 0 saturated heterocycles. The Morgan fingerprint density at radius 3 is 2.84 bits per heavy atom. The maximum Gasteiger partial charge on any atom is 0.227 e. The Kier molecular flexibility index (Phi) is 4.84. The van der Waals surface area contributed by atoms with E-state index in [0.717, 1.165) is 31.2 Å². The van der Waals surface area contributed by atoms with Crippen molar-refractivity contribution in [2.75, 3.05) is 11.9 Å². The van der Waals surface area contributed by atoms with Crippen LogP contribution in [0.15, 0.2) is 18.2 Å². The smallest absolute Gasteiger partial charge is 0.227 e. The predicted octanol–water partition coefficient (Wildman–Crippen LogP) is 2.81. The zero-order chi connectivity index (χ0) is 13.7. The van der Waals surface area contributed by atoms with Crippen molar-refractivity contribution in [1.82, 2.24) is 0 Å². The number of hydrogen-bond donors (Lipinski definition) is 2. The second-order valence-electron chi connectivity index (χ2n) is 4.63. The molecule has 1 aromatic rings. The number of rotatable bonds is 2. The molecule has 1 saturated carbocycles. The number of anilines is 1. The topological polar surface area (TPSA) is 49.3 Å². The summed E-state index contributed by atoms with van der Waals surface area (Å²) in [5.41, 5.74) is 1.31. The highest BCUT2D eigenvalue weighted by atomic mass is 35.5. The number of nitrogens with one attached hydrogen (secondary N) is 1. The summed E-state index contributed by atoms with van der Waals surface area (Å²) in [6.07, 6.45) is 4.14. The van der Waals surface area contributed by atoms with Gasteiger partial charge in [0.25, 0.3) is 0 Å². The van der Waals surface area contributed by atoms with Crippen LogP contribution in [0.25, 0.3) is 0 Å². The van der Waals surface area contributed by atoms with E-state index in [-0.39, 0.29) is 18.4 Å². The van der Waals surface area contributed by atoms with E-state index >= 15 is 0 Å². The number of benzene rings is 1. The van der Waals surface area contributed by atoms with Crippen LogP contribution in [0.3, 0.4) is 0 Å². The molecule has 1 aliphatic carbocycles. The van der Waals surface area contributed by atoms with Crippen molar-refractivity contribution in [2.24, 2.45) is 5.92 Å². The summed E-state index contributed by atoms with van der Waals surface area (Å²) < 4.78 is 0. The van der Waals surface area contributed by atoms with Crippen molar-refractivity contribution in [2.45, 2.75) is 25.7 Å². The Morgan fingerprint density at radius 1 is 1.42 bits per heavy atom. The van der Waals surface area contributed by atoms with Gasteiger partial charge in [-0.1, -0.05) is 36.3 Å². The second kappa shape index (κ2) is 6.60. The van der Waals surface area contributed by atoms with Crippen LogP contribution in [0.5, 0.6) is 0 Å². The van der Waals surface area contributed by atoms with Gasteiger partial charge in [0.1, 0.15) is 6.61 Å². The molecule has 0 aromatic heterocycles. The number of aliphatic hydroxyl groups excluding tert-OH is 1. The van der Waals surface area contributed by atoms with Crippen LogP contribution in [0.2, 0.25) is 5.02 Å². The van der Waals surface area contributed by atoms with E-state index in [9.17, 15) is 4.79 Å². The minimum absolute atomic E-state index is 0.0340. The standard InChI is InChI=1S/C15H16ClNO2/c16-13-8-7-11(4-3-9-18)10-14(13)17-15(19)12-5-1-2-6-12/h7-8,10,12,18H,1-2,5-6,9H2,(H,17,19). The highest BCUT2D eigenvalue weighted by Crippen LogP contribution is 2.28. The van der Waals surface area contributed by atoms with Gasteiger partial charge in [0, 0.05) is 11.5 Å². The molecule has 1 fully saturated rings. The Bertz CT molecular complexity index is 525. The molecular weight excluding hydrogens is 262 g/mol. The molecule has 2 rings (SSSR count). The SMILES string of the molecule is O=C(Nc1cc(C#CCO)ccc1Cl)C1CCCC1. The van der Waals surface area contributed by atoms with Gasteiger partial charge in [-0.05, 0) is 31.0 Å². The number of aliphatic hydroxyl groups is 1. The van der Waals surface area contributed by atoms with Gasteiger partial charge in [0.2, 0.25) is 5.91 Å². The Hall–Kier alpha value is -1.50. The summed E-state index contributed by atoms with van der Waals surface area (Å²) in [6, 6.07) is 5.20. The number of amides is 1. The third-order valence-electron chi connectivity index (χ3n) is 3.26. The van der Waals surface area contributed by atoms with Crippen LogP contribution in [0.1, 0.15) is 31.2 Å². The first-order chi connectivity index (χ1) is 9.20. The molecule has 3 nitrogen and oxygen atoms in total. The zero-order valence-corrected chi connectivity index (χ0v) is 11.3. The molecule has 0 aliphatic heterocycles. The molecule has 0 radical (unpaired) electrons. The number of carbonyl (C=O) groups is 1. The summed E-state index contributed by atoms with van der Waals surface area (Å²) in [5.74, 6) is 5.50. The molecule has 0 atom stereocenters. The Balaban J connectivity index is 2.12. The minimum Gasteiger partial charge on any atom is -0.384 e. The molecular formula is C15H16ClNO2. The van der Waals surface area contributed by atoms with Gasteiger partial charge in [-0.15, -0.1) is 0 Å². The number of halogens is 1. The van der Waals surface area contributed by atoms with Crippen LogP contribution >= 0.6 is 11.6 Å². The quantitative estimate of drug-likeness (QED) is 0.817. The average Bonchev–Trinajstić information content (AvgIpc) is 2.93. The zero-order valence-electron chi connectivity index (χ0n) is 10.6. The van der Waals surface area contributed by atoms with Crippen molar-refractivity contribution < 1.29 is 9.90 Å². The van der Waals surface area contributed by atoms with E-state index in [1.54, 1.807) is 18.2 Å². The predicted molar refractivity (Wildman–Crippen MR) is 76.0 cm³/mol. The molecule has 100 valence electrons. The highest BCUT2D eigenvalue weighted by molar-refractivity contribution is 6.33. The van der Waals surface area contributed by atoms with E-state index in [4.69, 9.17) is 16.7 Å². The summed E-state index contributed by atoms with van der Waals surface area (Å²) in [5, 5.41) is 12.0. The van der Waals surface area contributed by atoms with Gasteiger partial charge in [0.05, 0.1) is 10.7 Å². The van der Waals surface area contributed by atoms with Gasteiger partial charge in [-0.25, -0.2) is 0 Å². The fourth-order valence-corrected chi connectivity index (χ4v) is 2.43. The molecule has 0 unspecified atom stereocenters. The lowest BCUT2D eigenvalue weighted by molar-refractivity contribution is -0.119. The molecule has 2 N–H and O–H groups in total. The summed E-state index contributed by atoms with van der Waals surface area (Å²) in [4.78, 5) is 12.0. The Morgan fingerprint density at radius 2 is 2.16 bits per heavy atom. The van der Waals surface area contributed by atoms with Crippen molar-refractivity contribution in [3.63, 3.8) is 0 Å². The van der Waals surface area contributed by atoms with Crippen molar-refractivity contribution in [3.05, 3.63) is 28.8 Å². The second-order valence-corrected chi connectivity index (χ2v) is 5.03. The fourth-order valence-electron chi connectivity index (χ4n) is 2.26. The summed E-state index contributed by atoms with van der Waals surface area (Å²) in [7, 11) is 0. The third-order valence-corrected chi connectivity index (χ3v) is 3.59. The molecule has 0 bridgehead atoms. The normalized spacial score (nSPS) is 14.8. The lowest BCUT2D eigenvalue weighted by Gasteiger charge is -2.11. The lowest BCUT2D eigenvalue weighted by atomic mass is 10.1. The van der Waals surface area contributed by atoms with Gasteiger partial charge < -0.3 is 10.4 Å². The molecule has 1 amide bonds. The van der Waals surface area contributed by atoms with Gasteiger partial charge >= 0.3 is 0 Å². The molecule has 1 aliphatic rings. The first-order valence-corrected chi connectivity index (χ1v) is 6.78. The van der Waals surface area contributed by atoms with E-state index in [1.165, 1.54) is 0 Å². The first kappa shape index (κ1) is 13.9. The van der Waals surface area contributed by atoms with E-state index in [0.29, 0.717) is 10.7 Å². The number of hydrogen-bond acceptors (Lipinski definition) is 2. The maximum absolute atomic E-state index is 12.0. The monoisotopic (exact) mass is 277 g/mol. The van der Waals surface area contributed by atoms with Crippen molar-refractivity contribution in [3.8, 4) is 11.8 Å². The Labute approximate surface area is 118 Å². The molecule has 4 heteroatoms. The van der Waals surface area contributed by atoms with E-state index in [1.807, 2.05) is 0 Å². The lowest BCUT2D eigenvalue weighted by Crippen LogP contribution is -2.20. The summed E-state index contributed by atoms with van der Waals surface area (Å²) >= 11 is 6.07. The van der Waals surface area contributed by atoms with Crippen LogP contribution < -0.4 is 5.32 Å². The van der Waals surface area contributed by atoms with Crippen LogP contribution in [0.4, 0.5) is 5.69 Å². The van der Waals surface area contributed by atoms with Crippen LogP contribution in [0, 0.1) is 17.8 Å². The average molecular weight is 278 g/mol. The van der Waals surface area contributed by atoms with E-state index in [2.05, 4.69) is 17.2 Å². The summed E-state index contributed by atoms with van der Waals surface area (Å²) in [6.45, 7) is -0.188. The van der Waals surface area contributed by atoms with Gasteiger partial charge in [0.15, 0.2) is 0 Å². The fraction of sp³-hybridized carbons (Fsp3) is 0.400.